The second-order valence-corrected chi connectivity index (χ2v) is 12.8. The fourth-order valence-electron chi connectivity index (χ4n) is 5.53. The number of anilines is 1. The van der Waals surface area contributed by atoms with Gasteiger partial charge in [-0.3, -0.25) is 14.4 Å². The summed E-state index contributed by atoms with van der Waals surface area (Å²) in [6.45, 7) is 1.51. The van der Waals surface area contributed by atoms with Crippen LogP contribution >= 0.6 is 11.8 Å². The van der Waals surface area contributed by atoms with Gasteiger partial charge in [0.25, 0.3) is 0 Å². The zero-order valence-electron chi connectivity index (χ0n) is 27.9. The molecular weight excluding hydrogens is 667 g/mol. The zero-order valence-corrected chi connectivity index (χ0v) is 28.7. The van der Waals surface area contributed by atoms with Crippen LogP contribution in [0.1, 0.15) is 38.3 Å². The number of nitriles is 1. The van der Waals surface area contributed by atoms with Crippen LogP contribution < -0.4 is 14.4 Å². The summed E-state index contributed by atoms with van der Waals surface area (Å²) in [5.41, 5.74) is 4.97. The minimum atomic E-state index is -0.846. The number of esters is 1. The van der Waals surface area contributed by atoms with Crippen molar-refractivity contribution in [1.29, 1.82) is 5.26 Å². The van der Waals surface area contributed by atoms with Crippen molar-refractivity contribution in [3.63, 3.8) is 0 Å². The lowest BCUT2D eigenvalue weighted by Crippen LogP contribution is -2.31. The second-order valence-electron chi connectivity index (χ2n) is 11.6. The van der Waals surface area contributed by atoms with Crippen LogP contribution in [0.5, 0.6) is 11.5 Å². The number of aryl methyl sites for hydroxylation is 1. The highest BCUT2D eigenvalue weighted by Gasteiger charge is 2.41. The van der Waals surface area contributed by atoms with Gasteiger partial charge in [-0.05, 0) is 79.2 Å². The number of ether oxygens (including phenoxy) is 3. The van der Waals surface area contributed by atoms with Crippen LogP contribution in [0.25, 0.3) is 22.4 Å². The third-order valence-corrected chi connectivity index (χ3v) is 9.46. The molecule has 2 amide bonds. The topological polar surface area (TPSA) is 136 Å². The number of thioether (sulfide) groups is 1. The lowest BCUT2D eigenvalue weighted by molar-refractivity contribution is -0.121. The second kappa shape index (κ2) is 15.1. The monoisotopic (exact) mass is 697 g/mol. The molecule has 0 radical (unpaired) electrons. The number of hydrogen-bond acceptors (Lipinski definition) is 10. The number of aromatic nitrogens is 1. The third kappa shape index (κ3) is 7.51. The van der Waals surface area contributed by atoms with Gasteiger partial charge in [-0.25, -0.2) is 14.7 Å². The number of benzene rings is 4. The molecule has 5 aromatic rings. The van der Waals surface area contributed by atoms with E-state index in [1.807, 2.05) is 61.5 Å². The van der Waals surface area contributed by atoms with Crippen molar-refractivity contribution in [3.8, 4) is 40.0 Å². The van der Waals surface area contributed by atoms with Crippen molar-refractivity contribution in [2.24, 2.45) is 0 Å². The van der Waals surface area contributed by atoms with Gasteiger partial charge < -0.3 is 14.2 Å². The molecule has 1 unspecified atom stereocenters. The van der Waals surface area contributed by atoms with E-state index in [0.29, 0.717) is 38.9 Å². The number of imide groups is 1. The van der Waals surface area contributed by atoms with Gasteiger partial charge in [0.1, 0.15) is 22.6 Å². The standard InChI is InChI=1S/C40H31N3O7S/c1-24-7-9-25(10-8-24)32-20-34(26-13-17-30(48-2)18-14-26)42-38(33(32)22-41)51-36-21-37(45)43(39(36)46)29-15-11-27(12-16-29)40(47)50-23-35(44)28-5-4-6-31(19-28)49-3/h4-20,36H,21,23H2,1-3H3. The quantitative estimate of drug-likeness (QED) is 0.0801. The van der Waals surface area contributed by atoms with Gasteiger partial charge >= 0.3 is 5.97 Å². The van der Waals surface area contributed by atoms with E-state index in [1.54, 1.807) is 31.4 Å². The number of carbonyl (C=O) groups excluding carboxylic acids is 4. The largest absolute Gasteiger partial charge is 0.497 e. The molecule has 254 valence electrons. The molecule has 1 aromatic heterocycles. The Labute approximate surface area is 298 Å². The van der Waals surface area contributed by atoms with Crippen molar-refractivity contribution < 1.29 is 33.4 Å². The van der Waals surface area contributed by atoms with Crippen molar-refractivity contribution in [1.82, 2.24) is 4.98 Å². The smallest absolute Gasteiger partial charge is 0.338 e. The highest BCUT2D eigenvalue weighted by atomic mass is 32.2. The Kier molecular flexibility index (Phi) is 10.3. The van der Waals surface area contributed by atoms with Crippen LogP contribution in [0.15, 0.2) is 108 Å². The molecule has 1 aliphatic heterocycles. The predicted octanol–water partition coefficient (Wildman–Crippen LogP) is 7.08. The summed E-state index contributed by atoms with van der Waals surface area (Å²) in [4.78, 5) is 58.1. The maximum atomic E-state index is 13.7. The number of methoxy groups -OCH3 is 2. The Morgan fingerprint density at radius 2 is 1.55 bits per heavy atom. The Morgan fingerprint density at radius 3 is 2.22 bits per heavy atom. The molecule has 1 fully saturated rings. The third-order valence-electron chi connectivity index (χ3n) is 8.29. The van der Waals surface area contributed by atoms with E-state index in [0.717, 1.165) is 33.4 Å². The Bertz CT molecular complexity index is 2180. The average Bonchev–Trinajstić information content (AvgIpc) is 3.44. The summed E-state index contributed by atoms with van der Waals surface area (Å²) in [6.07, 6.45) is -0.112. The lowest BCUT2D eigenvalue weighted by Gasteiger charge is -2.17. The minimum Gasteiger partial charge on any atom is -0.497 e. The summed E-state index contributed by atoms with van der Waals surface area (Å²) >= 11 is 1.07. The van der Waals surface area contributed by atoms with Crippen LogP contribution in [0.4, 0.5) is 5.69 Å². The molecule has 1 atom stereocenters. The number of pyridine rings is 1. The molecular formula is C40H31N3O7S. The van der Waals surface area contributed by atoms with E-state index < -0.39 is 35.4 Å². The highest BCUT2D eigenvalue weighted by Crippen LogP contribution is 2.39. The molecule has 0 bridgehead atoms. The molecule has 11 heteroatoms. The van der Waals surface area contributed by atoms with E-state index in [4.69, 9.17) is 19.2 Å². The summed E-state index contributed by atoms with van der Waals surface area (Å²) in [7, 11) is 3.07. The summed E-state index contributed by atoms with van der Waals surface area (Å²) < 4.78 is 15.7. The van der Waals surface area contributed by atoms with Crippen LogP contribution in [0, 0.1) is 18.3 Å². The van der Waals surface area contributed by atoms with Crippen molar-refractivity contribution in [2.75, 3.05) is 25.7 Å². The summed E-state index contributed by atoms with van der Waals surface area (Å²) in [6, 6.07) is 31.6. The number of amides is 2. The van der Waals surface area contributed by atoms with Gasteiger partial charge in [0, 0.05) is 23.1 Å². The molecule has 2 heterocycles. The van der Waals surface area contributed by atoms with E-state index in [1.165, 1.54) is 31.4 Å². The molecule has 0 saturated carbocycles. The summed E-state index contributed by atoms with van der Waals surface area (Å²) in [5, 5.41) is 9.83. The lowest BCUT2D eigenvalue weighted by atomic mass is 9.98. The molecule has 4 aromatic carbocycles. The summed E-state index contributed by atoms with van der Waals surface area (Å²) in [5.74, 6) is -0.848. The van der Waals surface area contributed by atoms with Gasteiger partial charge in [0.2, 0.25) is 11.8 Å². The number of Topliss-reactive ketones (excluding diaryl/α,β-unsaturated/α-hetero) is 1. The van der Waals surface area contributed by atoms with E-state index in [-0.39, 0.29) is 17.7 Å². The number of rotatable bonds is 11. The van der Waals surface area contributed by atoms with Gasteiger partial charge in [-0.15, -0.1) is 0 Å². The van der Waals surface area contributed by atoms with E-state index in [9.17, 15) is 24.4 Å². The maximum Gasteiger partial charge on any atom is 0.338 e. The number of nitrogens with zero attached hydrogens (tertiary/aromatic N) is 3. The Morgan fingerprint density at radius 1 is 0.863 bits per heavy atom. The molecule has 0 N–H and O–H groups in total. The molecule has 0 spiro atoms. The van der Waals surface area contributed by atoms with E-state index >= 15 is 0 Å². The van der Waals surface area contributed by atoms with Crippen LogP contribution in [0.3, 0.4) is 0 Å². The zero-order chi connectivity index (χ0) is 36.1. The molecule has 0 aliphatic carbocycles. The first-order chi connectivity index (χ1) is 24.7. The van der Waals surface area contributed by atoms with Crippen LogP contribution in [0.2, 0.25) is 0 Å². The molecule has 6 rings (SSSR count). The predicted molar refractivity (Wildman–Crippen MR) is 192 cm³/mol. The molecule has 10 nitrogen and oxygen atoms in total. The fourth-order valence-corrected chi connectivity index (χ4v) is 6.65. The number of carbonyl (C=O) groups is 4. The van der Waals surface area contributed by atoms with Crippen molar-refractivity contribution >= 4 is 41.0 Å². The average molecular weight is 698 g/mol. The fraction of sp³-hybridized carbons (Fsp3) is 0.150. The number of hydrogen-bond donors (Lipinski definition) is 0. The first-order valence-electron chi connectivity index (χ1n) is 15.8. The first-order valence-corrected chi connectivity index (χ1v) is 16.7. The Balaban J connectivity index is 1.21. The van der Waals surface area contributed by atoms with Crippen LogP contribution in [-0.2, 0) is 14.3 Å². The van der Waals surface area contributed by atoms with Gasteiger partial charge in [-0.1, -0.05) is 53.7 Å². The molecule has 1 saturated heterocycles. The van der Waals surface area contributed by atoms with Crippen molar-refractivity contribution in [2.45, 2.75) is 23.6 Å². The number of ketones is 1. The molecule has 1 aliphatic rings. The van der Waals surface area contributed by atoms with Gasteiger partial charge in [0.15, 0.2) is 12.4 Å². The minimum absolute atomic E-state index is 0.112. The maximum absolute atomic E-state index is 13.7. The Hall–Kier alpha value is -6.25. The van der Waals surface area contributed by atoms with E-state index in [2.05, 4.69) is 6.07 Å². The van der Waals surface area contributed by atoms with Crippen molar-refractivity contribution in [3.05, 3.63) is 125 Å². The first kappa shape index (κ1) is 34.6. The van der Waals surface area contributed by atoms with Crippen LogP contribution in [-0.4, -0.2) is 54.6 Å². The van der Waals surface area contributed by atoms with Gasteiger partial charge in [0.05, 0.1) is 42.0 Å². The SMILES string of the molecule is COc1ccc(-c2cc(-c3ccc(C)cc3)c(C#N)c(SC3CC(=O)N(c4ccc(C(=O)OCC(=O)c5cccc(OC)c5)cc4)C3=O)n2)cc1. The van der Waals surface area contributed by atoms with Gasteiger partial charge in [-0.2, -0.15) is 5.26 Å². The normalized spacial score (nSPS) is 13.8. The highest BCUT2D eigenvalue weighted by molar-refractivity contribution is 8.00. The molecule has 51 heavy (non-hydrogen) atoms.